The Hall–Kier alpha value is -4.64. The Morgan fingerprint density at radius 2 is 1.88 bits per heavy atom. The highest BCUT2D eigenvalue weighted by Gasteiger charge is 2.46. The zero-order valence-corrected chi connectivity index (χ0v) is 23.6. The van der Waals surface area contributed by atoms with E-state index < -0.39 is 12.1 Å². The third kappa shape index (κ3) is 4.64. The highest BCUT2D eigenvalue weighted by atomic mass is 19.1. The summed E-state index contributed by atoms with van der Waals surface area (Å²) in [7, 11) is 0. The van der Waals surface area contributed by atoms with Gasteiger partial charge in [-0.2, -0.15) is 5.10 Å². The van der Waals surface area contributed by atoms with Gasteiger partial charge in [-0.05, 0) is 85.7 Å². The average Bonchev–Trinajstić information content (AvgIpc) is 3.41. The molecule has 0 unspecified atom stereocenters. The van der Waals surface area contributed by atoms with Crippen molar-refractivity contribution in [1.29, 1.82) is 0 Å². The van der Waals surface area contributed by atoms with Crippen LogP contribution >= 0.6 is 0 Å². The molecule has 10 nitrogen and oxygen atoms in total. The van der Waals surface area contributed by atoms with E-state index in [4.69, 9.17) is 15.7 Å². The maximum absolute atomic E-state index is 13.4. The summed E-state index contributed by atoms with van der Waals surface area (Å²) >= 11 is 0. The number of halogens is 1. The highest BCUT2D eigenvalue weighted by Crippen LogP contribution is 2.38. The molecule has 0 spiro atoms. The monoisotopic (exact) mass is 577 g/mol. The SMILES string of the molecule is Nc1ncccc1-c1nc2ccc(-n3cccn3)nc2n1-c1ccc2c(c1)CC[C@@H]2NC1CCN(C(=O)[C@H]2C[C@H]2F)CC1. The second-order valence-corrected chi connectivity index (χ2v) is 11.8. The first-order valence-corrected chi connectivity index (χ1v) is 15.0. The summed E-state index contributed by atoms with van der Waals surface area (Å²) in [5, 5.41) is 8.22. The quantitative estimate of drug-likeness (QED) is 0.311. The number of nitrogens with zero attached hydrogens (tertiary/aromatic N) is 7. The third-order valence-corrected chi connectivity index (χ3v) is 9.04. The zero-order chi connectivity index (χ0) is 29.1. The van der Waals surface area contributed by atoms with E-state index in [1.807, 2.05) is 41.4 Å². The number of anilines is 1. The Balaban J connectivity index is 1.09. The number of amides is 1. The van der Waals surface area contributed by atoms with Crippen LogP contribution in [0.3, 0.4) is 0 Å². The van der Waals surface area contributed by atoms with E-state index in [2.05, 4.69) is 38.2 Å². The zero-order valence-electron chi connectivity index (χ0n) is 23.6. The van der Waals surface area contributed by atoms with Crippen LogP contribution in [0.1, 0.15) is 42.9 Å². The fourth-order valence-corrected chi connectivity index (χ4v) is 6.63. The molecule has 4 aromatic heterocycles. The Morgan fingerprint density at radius 3 is 2.65 bits per heavy atom. The first kappa shape index (κ1) is 26.0. The van der Waals surface area contributed by atoms with Gasteiger partial charge in [-0.15, -0.1) is 0 Å². The second kappa shape index (κ2) is 10.3. The first-order valence-electron chi connectivity index (χ1n) is 15.0. The lowest BCUT2D eigenvalue weighted by atomic mass is 10.0. The molecule has 2 fully saturated rings. The molecule has 8 rings (SSSR count). The van der Waals surface area contributed by atoms with Crippen molar-refractivity contribution in [2.24, 2.45) is 5.92 Å². The number of nitrogens with one attached hydrogen (secondary N) is 1. The Kier molecular flexibility index (Phi) is 6.21. The molecule has 0 radical (unpaired) electrons. The number of piperidine rings is 1. The molecular formula is C32H32FN9O. The minimum Gasteiger partial charge on any atom is -0.383 e. The molecule has 1 aliphatic heterocycles. The predicted octanol–water partition coefficient (Wildman–Crippen LogP) is 4.18. The number of carbonyl (C=O) groups is 1. The van der Waals surface area contributed by atoms with Crippen molar-refractivity contribution in [3.63, 3.8) is 0 Å². The smallest absolute Gasteiger partial charge is 0.228 e. The van der Waals surface area contributed by atoms with Crippen LogP contribution in [0, 0.1) is 5.92 Å². The van der Waals surface area contributed by atoms with Crippen LogP contribution in [0.4, 0.5) is 10.2 Å². The number of pyridine rings is 2. The number of fused-ring (bicyclic) bond motifs is 2. The Morgan fingerprint density at radius 1 is 1.02 bits per heavy atom. The number of alkyl halides is 1. The largest absolute Gasteiger partial charge is 0.383 e. The van der Waals surface area contributed by atoms with Gasteiger partial charge in [0.15, 0.2) is 17.3 Å². The molecule has 11 heteroatoms. The molecule has 3 atom stereocenters. The normalized spacial score (nSPS) is 21.8. The summed E-state index contributed by atoms with van der Waals surface area (Å²) in [5.74, 6) is 1.39. The summed E-state index contributed by atoms with van der Waals surface area (Å²) in [5.41, 5.74) is 12.1. The number of imidazole rings is 1. The minimum absolute atomic E-state index is 0.00430. The van der Waals surface area contributed by atoms with Gasteiger partial charge in [-0.3, -0.25) is 9.36 Å². The van der Waals surface area contributed by atoms with Crippen LogP contribution in [0.15, 0.2) is 67.1 Å². The fraction of sp³-hybridized carbons (Fsp3) is 0.344. The van der Waals surface area contributed by atoms with E-state index in [0.29, 0.717) is 48.7 Å². The number of hydrogen-bond acceptors (Lipinski definition) is 7. The number of nitrogens with two attached hydrogens (primary N) is 1. The minimum atomic E-state index is -0.935. The topological polar surface area (TPSA) is 120 Å². The summed E-state index contributed by atoms with van der Waals surface area (Å²) in [6.07, 6.45) is 8.48. The van der Waals surface area contributed by atoms with Gasteiger partial charge in [0, 0.05) is 49.5 Å². The summed E-state index contributed by atoms with van der Waals surface area (Å²) in [4.78, 5) is 28.5. The van der Waals surface area contributed by atoms with Crippen LogP contribution in [0.5, 0.6) is 0 Å². The van der Waals surface area contributed by atoms with Crippen molar-refractivity contribution in [3.05, 3.63) is 78.2 Å². The van der Waals surface area contributed by atoms with Crippen molar-refractivity contribution >= 4 is 22.9 Å². The van der Waals surface area contributed by atoms with Gasteiger partial charge in [-0.1, -0.05) is 6.07 Å². The second-order valence-electron chi connectivity index (χ2n) is 11.8. The maximum atomic E-state index is 13.4. The van der Waals surface area contributed by atoms with Gasteiger partial charge < -0.3 is 16.0 Å². The molecule has 3 aliphatic rings. The van der Waals surface area contributed by atoms with Gasteiger partial charge in [0.2, 0.25) is 5.91 Å². The third-order valence-electron chi connectivity index (χ3n) is 9.04. The van der Waals surface area contributed by atoms with Crippen molar-refractivity contribution in [2.75, 3.05) is 18.8 Å². The molecule has 1 saturated carbocycles. The molecule has 3 N–H and O–H groups in total. The lowest BCUT2D eigenvalue weighted by Crippen LogP contribution is -2.46. The van der Waals surface area contributed by atoms with E-state index >= 15 is 0 Å². The van der Waals surface area contributed by atoms with Crippen LogP contribution in [-0.4, -0.2) is 65.4 Å². The van der Waals surface area contributed by atoms with Crippen LogP contribution in [0.2, 0.25) is 0 Å². The number of benzene rings is 1. The van der Waals surface area contributed by atoms with E-state index in [-0.39, 0.29) is 11.9 Å². The molecule has 1 amide bonds. The van der Waals surface area contributed by atoms with Gasteiger partial charge >= 0.3 is 0 Å². The predicted molar refractivity (Wildman–Crippen MR) is 160 cm³/mol. The molecule has 2 aliphatic carbocycles. The average molecular weight is 578 g/mol. The molecule has 1 saturated heterocycles. The summed E-state index contributed by atoms with van der Waals surface area (Å²) in [6.45, 7) is 1.39. The molecule has 5 aromatic rings. The van der Waals surface area contributed by atoms with Crippen molar-refractivity contribution in [2.45, 2.75) is 50.4 Å². The number of nitrogen functional groups attached to an aromatic ring is 1. The van der Waals surface area contributed by atoms with Crippen molar-refractivity contribution < 1.29 is 9.18 Å². The molecule has 0 bridgehead atoms. The van der Waals surface area contributed by atoms with E-state index in [1.54, 1.807) is 17.1 Å². The number of aryl methyl sites for hydroxylation is 1. The number of rotatable bonds is 6. The molecule has 1 aromatic carbocycles. The van der Waals surface area contributed by atoms with Gasteiger partial charge in [0.1, 0.15) is 17.5 Å². The molecular weight excluding hydrogens is 545 g/mol. The lowest BCUT2D eigenvalue weighted by Gasteiger charge is -2.34. The first-order chi connectivity index (χ1) is 21.0. The molecule has 218 valence electrons. The van der Waals surface area contributed by atoms with Crippen molar-refractivity contribution in [1.82, 2.24) is 39.5 Å². The number of carbonyl (C=O) groups excluding carboxylic acids is 1. The van der Waals surface area contributed by atoms with Crippen molar-refractivity contribution in [3.8, 4) is 22.9 Å². The molecule has 5 heterocycles. The number of hydrogen-bond donors (Lipinski definition) is 2. The van der Waals surface area contributed by atoms with E-state index in [9.17, 15) is 9.18 Å². The van der Waals surface area contributed by atoms with Gasteiger partial charge in [0.05, 0.1) is 11.5 Å². The standard InChI is InChI=1S/C32H32FN9O/c33-25-18-24(25)32(43)40-15-10-20(11-16-40)37-26-7-4-19-17-21(5-6-22(19)26)42-30(23-3-1-12-35-29(23)34)38-27-8-9-28(39-31(27)42)41-14-2-13-36-41/h1-3,5-6,8-9,12-14,17,20,24-26,37H,4,7,10-11,15-16,18H2,(H2,34,35)/t24-,25+,26-/m0/s1. The van der Waals surface area contributed by atoms with Crippen LogP contribution in [-0.2, 0) is 11.2 Å². The number of aromatic nitrogens is 6. The van der Waals surface area contributed by atoms with Gasteiger partial charge in [0.25, 0.3) is 0 Å². The summed E-state index contributed by atoms with van der Waals surface area (Å²) in [6, 6.07) is 16.7. The Labute approximate surface area is 247 Å². The number of likely N-dealkylation sites (tertiary alicyclic amines) is 1. The van der Waals surface area contributed by atoms with E-state index in [0.717, 1.165) is 42.5 Å². The fourth-order valence-electron chi connectivity index (χ4n) is 6.63. The summed E-state index contributed by atoms with van der Waals surface area (Å²) < 4.78 is 17.2. The van der Waals surface area contributed by atoms with Crippen LogP contribution < -0.4 is 11.1 Å². The molecule has 43 heavy (non-hydrogen) atoms. The lowest BCUT2D eigenvalue weighted by molar-refractivity contribution is -0.134. The van der Waals surface area contributed by atoms with Crippen LogP contribution in [0.25, 0.3) is 34.1 Å². The Bertz CT molecular complexity index is 1830. The maximum Gasteiger partial charge on any atom is 0.228 e. The highest BCUT2D eigenvalue weighted by molar-refractivity contribution is 5.83. The van der Waals surface area contributed by atoms with Gasteiger partial charge in [-0.25, -0.2) is 24.0 Å². The van der Waals surface area contributed by atoms with E-state index in [1.165, 1.54) is 11.1 Å².